The minimum atomic E-state index is -2.82. The lowest BCUT2D eigenvalue weighted by atomic mass is 10.2. The number of aliphatic imine (C=N–C) groups is 1. The van der Waals surface area contributed by atoms with E-state index in [2.05, 4.69) is 29.8 Å². The predicted molar refractivity (Wildman–Crippen MR) is 101 cm³/mol. The van der Waals surface area contributed by atoms with Crippen LogP contribution < -0.4 is 15.0 Å². The van der Waals surface area contributed by atoms with Crippen LogP contribution in [0.25, 0.3) is 0 Å². The molecule has 0 unspecified atom stereocenters. The molecule has 0 radical (unpaired) electrons. The van der Waals surface area contributed by atoms with Gasteiger partial charge in [-0.2, -0.15) is 8.78 Å². The van der Waals surface area contributed by atoms with Crippen LogP contribution in [0.2, 0.25) is 0 Å². The first-order valence-corrected chi connectivity index (χ1v) is 8.81. The van der Waals surface area contributed by atoms with Gasteiger partial charge in [-0.1, -0.05) is 18.2 Å². The van der Waals surface area contributed by atoms with Crippen LogP contribution in [0.4, 0.5) is 14.6 Å². The molecule has 2 aromatic rings. The van der Waals surface area contributed by atoms with E-state index >= 15 is 0 Å². The summed E-state index contributed by atoms with van der Waals surface area (Å²) in [6.45, 7) is 1.02. The summed E-state index contributed by atoms with van der Waals surface area (Å²) < 4.78 is 29.1. The van der Waals surface area contributed by atoms with Crippen LogP contribution in [-0.2, 0) is 6.54 Å². The van der Waals surface area contributed by atoms with E-state index in [1.54, 1.807) is 25.4 Å². The minimum Gasteiger partial charge on any atom is -0.435 e. The van der Waals surface area contributed by atoms with Crippen molar-refractivity contribution < 1.29 is 13.5 Å². The van der Waals surface area contributed by atoms with E-state index in [0.717, 1.165) is 43.5 Å². The molecule has 0 spiro atoms. The van der Waals surface area contributed by atoms with Crippen LogP contribution >= 0.6 is 0 Å². The monoisotopic (exact) mass is 375 g/mol. The fourth-order valence-electron chi connectivity index (χ4n) is 3.03. The third-order valence-corrected chi connectivity index (χ3v) is 4.34. The molecular formula is C19H23F2N5O. The Kier molecular flexibility index (Phi) is 6.40. The standard InChI is InChI=1S/C19H23F2N5O/c1-22-19(24-14-15-5-4-6-16(13-15)27-18(20)21)26-11-9-25(10-12-26)17-7-2-3-8-23-17/h2-8,13,18H,9-12,14H2,1H3,(H,22,24). The Labute approximate surface area is 157 Å². The second-order valence-electron chi connectivity index (χ2n) is 6.09. The molecule has 1 aliphatic heterocycles. The van der Waals surface area contributed by atoms with E-state index in [-0.39, 0.29) is 5.75 Å². The number of hydrogen-bond donors (Lipinski definition) is 1. The van der Waals surface area contributed by atoms with Gasteiger partial charge in [0.1, 0.15) is 11.6 Å². The number of ether oxygens (including phenoxy) is 1. The number of piperazine rings is 1. The molecule has 0 amide bonds. The number of hydrogen-bond acceptors (Lipinski definition) is 4. The Morgan fingerprint density at radius 2 is 2.00 bits per heavy atom. The normalized spacial score (nSPS) is 15.2. The lowest BCUT2D eigenvalue weighted by Gasteiger charge is -2.37. The third kappa shape index (κ3) is 5.29. The fraction of sp³-hybridized carbons (Fsp3) is 0.368. The van der Waals surface area contributed by atoms with Gasteiger partial charge in [0.25, 0.3) is 0 Å². The maximum Gasteiger partial charge on any atom is 0.387 e. The van der Waals surface area contributed by atoms with Gasteiger partial charge >= 0.3 is 6.61 Å². The molecule has 1 saturated heterocycles. The first-order chi connectivity index (χ1) is 13.2. The highest BCUT2D eigenvalue weighted by atomic mass is 19.3. The molecule has 3 rings (SSSR count). The second-order valence-corrected chi connectivity index (χ2v) is 6.09. The topological polar surface area (TPSA) is 53.0 Å². The quantitative estimate of drug-likeness (QED) is 0.643. The maximum atomic E-state index is 12.3. The van der Waals surface area contributed by atoms with Gasteiger partial charge in [-0.05, 0) is 29.8 Å². The van der Waals surface area contributed by atoms with Crippen molar-refractivity contribution in [1.82, 2.24) is 15.2 Å². The molecule has 0 bridgehead atoms. The first kappa shape index (κ1) is 18.9. The van der Waals surface area contributed by atoms with Gasteiger partial charge < -0.3 is 19.9 Å². The molecule has 8 heteroatoms. The number of guanidine groups is 1. The van der Waals surface area contributed by atoms with Gasteiger partial charge in [0.05, 0.1) is 0 Å². The molecule has 6 nitrogen and oxygen atoms in total. The highest BCUT2D eigenvalue weighted by molar-refractivity contribution is 5.80. The Balaban J connectivity index is 1.53. The molecule has 0 atom stereocenters. The van der Waals surface area contributed by atoms with E-state index in [9.17, 15) is 8.78 Å². The lowest BCUT2D eigenvalue weighted by Crippen LogP contribution is -2.52. The van der Waals surface area contributed by atoms with E-state index < -0.39 is 6.61 Å². The molecule has 0 aliphatic carbocycles. The molecule has 27 heavy (non-hydrogen) atoms. The summed E-state index contributed by atoms with van der Waals surface area (Å²) in [5.74, 6) is 1.93. The molecule has 1 N–H and O–H groups in total. The van der Waals surface area contributed by atoms with Gasteiger partial charge in [0, 0.05) is 46.0 Å². The van der Waals surface area contributed by atoms with E-state index in [1.807, 2.05) is 24.3 Å². The summed E-state index contributed by atoms with van der Waals surface area (Å²) in [5, 5.41) is 3.29. The summed E-state index contributed by atoms with van der Waals surface area (Å²) in [6.07, 6.45) is 1.80. The minimum absolute atomic E-state index is 0.156. The summed E-state index contributed by atoms with van der Waals surface area (Å²) in [5.41, 5.74) is 0.849. The lowest BCUT2D eigenvalue weighted by molar-refractivity contribution is -0.0498. The number of benzene rings is 1. The molecule has 1 aromatic carbocycles. The fourth-order valence-corrected chi connectivity index (χ4v) is 3.03. The molecule has 1 fully saturated rings. The number of alkyl halides is 2. The number of halogens is 2. The Morgan fingerprint density at radius 3 is 2.67 bits per heavy atom. The number of anilines is 1. The molecule has 144 valence electrons. The zero-order valence-electron chi connectivity index (χ0n) is 15.2. The number of pyridine rings is 1. The van der Waals surface area contributed by atoms with Crippen molar-refractivity contribution in [3.8, 4) is 5.75 Å². The Morgan fingerprint density at radius 1 is 1.19 bits per heavy atom. The SMILES string of the molecule is CN=C(NCc1cccc(OC(F)F)c1)N1CCN(c2ccccn2)CC1. The molecule has 0 saturated carbocycles. The Bertz CT molecular complexity index is 749. The van der Waals surface area contributed by atoms with Crippen LogP contribution in [0.1, 0.15) is 5.56 Å². The van der Waals surface area contributed by atoms with Crippen molar-refractivity contribution in [2.75, 3.05) is 38.1 Å². The van der Waals surface area contributed by atoms with Crippen LogP contribution in [0.15, 0.2) is 53.7 Å². The van der Waals surface area contributed by atoms with Crippen LogP contribution in [0.5, 0.6) is 5.75 Å². The zero-order valence-corrected chi connectivity index (χ0v) is 15.2. The van der Waals surface area contributed by atoms with E-state index in [1.165, 1.54) is 6.07 Å². The van der Waals surface area contributed by atoms with Gasteiger partial charge in [0.2, 0.25) is 0 Å². The van der Waals surface area contributed by atoms with Gasteiger partial charge in [0.15, 0.2) is 5.96 Å². The molecule has 2 heterocycles. The first-order valence-electron chi connectivity index (χ1n) is 8.81. The number of aromatic nitrogens is 1. The molecule has 1 aromatic heterocycles. The van der Waals surface area contributed by atoms with E-state index in [0.29, 0.717) is 6.54 Å². The highest BCUT2D eigenvalue weighted by Crippen LogP contribution is 2.16. The maximum absolute atomic E-state index is 12.3. The molecule has 1 aliphatic rings. The van der Waals surface area contributed by atoms with Gasteiger partial charge in [-0.25, -0.2) is 4.98 Å². The average molecular weight is 375 g/mol. The second kappa shape index (κ2) is 9.16. The van der Waals surface area contributed by atoms with Crippen LogP contribution in [0, 0.1) is 0 Å². The number of nitrogens with zero attached hydrogens (tertiary/aromatic N) is 4. The van der Waals surface area contributed by atoms with Crippen LogP contribution in [-0.4, -0.2) is 55.7 Å². The summed E-state index contributed by atoms with van der Waals surface area (Å²) in [7, 11) is 1.74. The summed E-state index contributed by atoms with van der Waals surface area (Å²) in [4.78, 5) is 13.2. The Hall–Kier alpha value is -2.90. The predicted octanol–water partition coefficient (Wildman–Crippen LogP) is 2.58. The van der Waals surface area contributed by atoms with Crippen molar-refractivity contribution >= 4 is 11.8 Å². The van der Waals surface area contributed by atoms with Crippen molar-refractivity contribution in [2.24, 2.45) is 4.99 Å². The summed E-state index contributed by atoms with van der Waals surface area (Å²) in [6, 6.07) is 12.6. The van der Waals surface area contributed by atoms with Crippen molar-refractivity contribution in [3.05, 3.63) is 54.2 Å². The van der Waals surface area contributed by atoms with Gasteiger partial charge in [-0.15, -0.1) is 0 Å². The van der Waals surface area contributed by atoms with Crippen molar-refractivity contribution in [3.63, 3.8) is 0 Å². The molecular weight excluding hydrogens is 352 g/mol. The van der Waals surface area contributed by atoms with Crippen molar-refractivity contribution in [2.45, 2.75) is 13.2 Å². The smallest absolute Gasteiger partial charge is 0.387 e. The van der Waals surface area contributed by atoms with Crippen LogP contribution in [0.3, 0.4) is 0 Å². The average Bonchev–Trinajstić information content (AvgIpc) is 2.69. The third-order valence-electron chi connectivity index (χ3n) is 4.34. The highest BCUT2D eigenvalue weighted by Gasteiger charge is 2.20. The number of rotatable bonds is 5. The van der Waals surface area contributed by atoms with E-state index in [4.69, 9.17) is 0 Å². The zero-order chi connectivity index (χ0) is 19.1. The summed E-state index contributed by atoms with van der Waals surface area (Å²) >= 11 is 0. The number of nitrogens with one attached hydrogen (secondary N) is 1. The largest absolute Gasteiger partial charge is 0.435 e. The van der Waals surface area contributed by atoms with Crippen molar-refractivity contribution in [1.29, 1.82) is 0 Å². The van der Waals surface area contributed by atoms with Gasteiger partial charge in [-0.3, -0.25) is 4.99 Å².